The van der Waals surface area contributed by atoms with Crippen molar-refractivity contribution >= 4 is 16.8 Å². The number of aryl methyl sites for hydroxylation is 3. The van der Waals surface area contributed by atoms with E-state index in [-0.39, 0.29) is 18.4 Å². The van der Waals surface area contributed by atoms with Crippen LogP contribution in [0.25, 0.3) is 10.9 Å². The van der Waals surface area contributed by atoms with Crippen LogP contribution in [0.4, 0.5) is 0 Å². The Morgan fingerprint density at radius 2 is 2.09 bits per heavy atom. The van der Waals surface area contributed by atoms with Gasteiger partial charge in [-0.25, -0.2) is 4.98 Å². The van der Waals surface area contributed by atoms with Crippen molar-refractivity contribution in [1.29, 1.82) is 0 Å². The van der Waals surface area contributed by atoms with Gasteiger partial charge in [-0.1, -0.05) is 18.2 Å². The van der Waals surface area contributed by atoms with Crippen LogP contribution in [0.15, 0.2) is 24.3 Å². The first-order valence-electron chi connectivity index (χ1n) is 7.68. The van der Waals surface area contributed by atoms with E-state index in [0.717, 1.165) is 33.8 Å². The Morgan fingerprint density at radius 1 is 1.35 bits per heavy atom. The Kier molecular flexibility index (Phi) is 3.90. The predicted octanol–water partition coefficient (Wildman–Crippen LogP) is 2.33. The molecule has 23 heavy (non-hydrogen) atoms. The molecule has 0 radical (unpaired) electrons. The number of para-hydroxylation sites is 1. The first kappa shape index (κ1) is 15.3. The van der Waals surface area contributed by atoms with E-state index in [1.807, 2.05) is 52.1 Å². The van der Waals surface area contributed by atoms with E-state index in [0.29, 0.717) is 0 Å². The summed E-state index contributed by atoms with van der Waals surface area (Å²) in [6.07, 6.45) is 0.254. The molecule has 0 spiro atoms. The Labute approximate surface area is 134 Å². The molecule has 120 valence electrons. The number of hydrogen-bond acceptors (Lipinski definition) is 3. The topological polar surface area (TPSA) is 75.6 Å². The van der Waals surface area contributed by atoms with Crippen LogP contribution >= 0.6 is 0 Å². The number of imidazole rings is 1. The average Bonchev–Trinajstić information content (AvgIpc) is 3.01. The number of carbonyl (C=O) groups excluding carboxylic acids is 1. The average molecular weight is 311 g/mol. The molecule has 2 aromatic heterocycles. The number of aromatic nitrogens is 4. The van der Waals surface area contributed by atoms with Crippen molar-refractivity contribution in [1.82, 2.24) is 25.1 Å². The molecule has 1 unspecified atom stereocenters. The Morgan fingerprint density at radius 3 is 2.78 bits per heavy atom. The summed E-state index contributed by atoms with van der Waals surface area (Å²) in [6, 6.07) is 7.76. The lowest BCUT2D eigenvalue weighted by atomic mass is 10.1. The van der Waals surface area contributed by atoms with Crippen LogP contribution < -0.4 is 5.32 Å². The molecule has 2 heterocycles. The summed E-state index contributed by atoms with van der Waals surface area (Å²) in [5, 5.41) is 8.45. The molecule has 3 rings (SSSR count). The van der Waals surface area contributed by atoms with Gasteiger partial charge in [0.25, 0.3) is 0 Å². The molecule has 1 amide bonds. The van der Waals surface area contributed by atoms with Gasteiger partial charge in [0.2, 0.25) is 5.91 Å². The number of aromatic amines is 1. The molecule has 1 aromatic carbocycles. The highest BCUT2D eigenvalue weighted by Gasteiger charge is 2.16. The van der Waals surface area contributed by atoms with Crippen LogP contribution in [0, 0.1) is 13.8 Å². The summed E-state index contributed by atoms with van der Waals surface area (Å²) < 4.78 is 1.81. The zero-order valence-corrected chi connectivity index (χ0v) is 13.8. The zero-order chi connectivity index (χ0) is 16.6. The van der Waals surface area contributed by atoms with Crippen LogP contribution in [0.3, 0.4) is 0 Å². The van der Waals surface area contributed by atoms with Gasteiger partial charge in [0.1, 0.15) is 5.82 Å². The largest absolute Gasteiger partial charge is 0.346 e. The van der Waals surface area contributed by atoms with Crippen molar-refractivity contribution < 1.29 is 4.79 Å². The number of fused-ring (bicyclic) bond motifs is 1. The molecule has 0 fully saturated rings. The minimum Gasteiger partial charge on any atom is -0.346 e. The van der Waals surface area contributed by atoms with Gasteiger partial charge in [0, 0.05) is 18.1 Å². The van der Waals surface area contributed by atoms with E-state index in [1.165, 1.54) is 0 Å². The third-order valence-electron chi connectivity index (χ3n) is 4.10. The lowest BCUT2D eigenvalue weighted by molar-refractivity contribution is -0.121. The van der Waals surface area contributed by atoms with Crippen molar-refractivity contribution in [2.45, 2.75) is 33.2 Å². The molecule has 6 heteroatoms. The lowest BCUT2D eigenvalue weighted by Crippen LogP contribution is -2.29. The monoisotopic (exact) mass is 311 g/mol. The number of hydrogen-bond donors (Lipinski definition) is 2. The van der Waals surface area contributed by atoms with E-state index < -0.39 is 0 Å². The number of amides is 1. The summed E-state index contributed by atoms with van der Waals surface area (Å²) in [6.45, 7) is 5.84. The van der Waals surface area contributed by atoms with Crippen molar-refractivity contribution in [3.8, 4) is 0 Å². The molecule has 0 saturated heterocycles. The first-order chi connectivity index (χ1) is 11.0. The van der Waals surface area contributed by atoms with E-state index >= 15 is 0 Å². The van der Waals surface area contributed by atoms with E-state index in [4.69, 9.17) is 0 Å². The summed E-state index contributed by atoms with van der Waals surface area (Å²) >= 11 is 0. The van der Waals surface area contributed by atoms with Crippen LogP contribution in [-0.2, 0) is 18.3 Å². The van der Waals surface area contributed by atoms with Gasteiger partial charge in [0.05, 0.1) is 29.4 Å². The Hall–Kier alpha value is -2.63. The second-order valence-electron chi connectivity index (χ2n) is 5.89. The maximum Gasteiger partial charge on any atom is 0.226 e. The Balaban J connectivity index is 1.73. The highest BCUT2D eigenvalue weighted by Crippen LogP contribution is 2.18. The fourth-order valence-electron chi connectivity index (χ4n) is 2.71. The molecular formula is C17H21N5O. The Bertz CT molecular complexity index is 842. The lowest BCUT2D eigenvalue weighted by Gasteiger charge is -2.11. The summed E-state index contributed by atoms with van der Waals surface area (Å²) in [4.78, 5) is 20.0. The van der Waals surface area contributed by atoms with Crippen LogP contribution in [0.5, 0.6) is 0 Å². The van der Waals surface area contributed by atoms with Crippen molar-refractivity contribution in [2.75, 3.05) is 0 Å². The number of nitrogens with one attached hydrogen (secondary N) is 2. The van der Waals surface area contributed by atoms with Crippen molar-refractivity contribution in [3.05, 3.63) is 47.2 Å². The third-order valence-corrected chi connectivity index (χ3v) is 4.10. The van der Waals surface area contributed by atoms with Crippen LogP contribution in [-0.4, -0.2) is 25.7 Å². The first-order valence-corrected chi connectivity index (χ1v) is 7.68. The maximum absolute atomic E-state index is 12.3. The normalized spacial score (nSPS) is 12.5. The van der Waals surface area contributed by atoms with E-state index in [1.54, 1.807) is 4.68 Å². The van der Waals surface area contributed by atoms with Gasteiger partial charge in [-0.05, 0) is 26.8 Å². The smallest absolute Gasteiger partial charge is 0.226 e. The molecule has 3 aromatic rings. The fraction of sp³-hybridized carbons (Fsp3) is 0.353. The summed E-state index contributed by atoms with van der Waals surface area (Å²) in [5.41, 5.74) is 3.80. The van der Waals surface area contributed by atoms with Crippen molar-refractivity contribution in [2.24, 2.45) is 7.05 Å². The minimum atomic E-state index is -0.162. The molecule has 0 bridgehead atoms. The van der Waals surface area contributed by atoms with Gasteiger partial charge in [0.15, 0.2) is 0 Å². The van der Waals surface area contributed by atoms with Gasteiger partial charge >= 0.3 is 0 Å². The molecule has 2 N–H and O–H groups in total. The van der Waals surface area contributed by atoms with E-state index in [9.17, 15) is 4.79 Å². The van der Waals surface area contributed by atoms with Crippen molar-refractivity contribution in [3.63, 3.8) is 0 Å². The van der Waals surface area contributed by atoms with Gasteiger partial charge < -0.3 is 10.3 Å². The van der Waals surface area contributed by atoms with Crippen LogP contribution in [0.2, 0.25) is 0 Å². The van der Waals surface area contributed by atoms with Gasteiger partial charge in [-0.3, -0.25) is 9.48 Å². The number of benzene rings is 1. The predicted molar refractivity (Wildman–Crippen MR) is 89.0 cm³/mol. The van der Waals surface area contributed by atoms with Gasteiger partial charge in [-0.2, -0.15) is 5.10 Å². The van der Waals surface area contributed by atoms with Crippen LogP contribution in [0.1, 0.15) is 35.9 Å². The highest BCUT2D eigenvalue weighted by atomic mass is 16.1. The molecule has 6 nitrogen and oxygen atoms in total. The second kappa shape index (κ2) is 5.87. The molecule has 1 atom stereocenters. The quantitative estimate of drug-likeness (QED) is 0.776. The highest BCUT2D eigenvalue weighted by molar-refractivity contribution is 5.87. The minimum absolute atomic E-state index is 0.0620. The fourth-order valence-corrected chi connectivity index (χ4v) is 2.71. The molecule has 0 aliphatic heterocycles. The molecule has 0 aliphatic rings. The standard InChI is InChI=1S/C17H21N5O/c1-10-11(2)20-17(19-10)12(3)18-16(23)9-14-13-7-5-6-8-15(13)22(4)21-14/h5-8,12H,9H2,1-4H3,(H,18,23)(H,19,20). The molecule has 0 aliphatic carbocycles. The SMILES string of the molecule is Cc1nc(C(C)NC(=O)Cc2nn(C)c3ccccc23)[nH]c1C. The second-order valence-corrected chi connectivity index (χ2v) is 5.89. The number of carbonyl (C=O) groups is 1. The number of H-pyrrole nitrogens is 1. The number of nitrogens with zero attached hydrogens (tertiary/aromatic N) is 3. The summed E-state index contributed by atoms with van der Waals surface area (Å²) in [5.74, 6) is 0.715. The van der Waals surface area contributed by atoms with E-state index in [2.05, 4.69) is 20.4 Å². The third kappa shape index (κ3) is 2.97. The summed E-state index contributed by atoms with van der Waals surface area (Å²) in [7, 11) is 1.89. The maximum atomic E-state index is 12.3. The molecule has 0 saturated carbocycles. The molecular weight excluding hydrogens is 290 g/mol. The van der Waals surface area contributed by atoms with Gasteiger partial charge in [-0.15, -0.1) is 0 Å². The number of rotatable bonds is 4. The zero-order valence-electron chi connectivity index (χ0n) is 13.8.